The zero-order valence-corrected chi connectivity index (χ0v) is 14.0. The highest BCUT2D eigenvalue weighted by molar-refractivity contribution is 5.93. The number of nitrogens with one attached hydrogen (secondary N) is 1. The van der Waals surface area contributed by atoms with Gasteiger partial charge >= 0.3 is 5.97 Å². The SMILES string of the molecule is Cc1cc2ccccc2n1CC(=O)OCC(=O)Nc1ccc(F)c(F)c1. The first-order valence-electron chi connectivity index (χ1n) is 7.89. The van der Waals surface area contributed by atoms with Gasteiger partial charge in [0.25, 0.3) is 5.91 Å². The predicted octanol–water partition coefficient (Wildman–Crippen LogP) is 3.41. The van der Waals surface area contributed by atoms with Crippen molar-refractivity contribution in [1.29, 1.82) is 0 Å². The Hall–Kier alpha value is -3.22. The molecule has 134 valence electrons. The maximum Gasteiger partial charge on any atom is 0.326 e. The Morgan fingerprint density at radius 2 is 1.85 bits per heavy atom. The Morgan fingerprint density at radius 1 is 1.08 bits per heavy atom. The van der Waals surface area contributed by atoms with Crippen molar-refractivity contribution >= 4 is 28.5 Å². The summed E-state index contributed by atoms with van der Waals surface area (Å²) in [5.41, 5.74) is 1.87. The minimum absolute atomic E-state index is 0.0300. The summed E-state index contributed by atoms with van der Waals surface area (Å²) in [5.74, 6) is -3.30. The molecule has 0 bridgehead atoms. The third kappa shape index (κ3) is 3.88. The van der Waals surface area contributed by atoms with Gasteiger partial charge in [-0.05, 0) is 36.6 Å². The summed E-state index contributed by atoms with van der Waals surface area (Å²) in [4.78, 5) is 23.8. The third-order valence-electron chi connectivity index (χ3n) is 3.87. The van der Waals surface area contributed by atoms with Crippen LogP contribution in [0.1, 0.15) is 5.69 Å². The lowest BCUT2D eigenvalue weighted by molar-refractivity contribution is -0.147. The number of carbonyl (C=O) groups is 2. The van der Waals surface area contributed by atoms with Gasteiger partial charge in [-0.1, -0.05) is 18.2 Å². The van der Waals surface area contributed by atoms with Crippen LogP contribution < -0.4 is 5.32 Å². The zero-order chi connectivity index (χ0) is 18.7. The number of carbonyl (C=O) groups excluding carboxylic acids is 2. The second-order valence-electron chi connectivity index (χ2n) is 5.77. The fourth-order valence-corrected chi connectivity index (χ4v) is 2.65. The highest BCUT2D eigenvalue weighted by atomic mass is 19.2. The third-order valence-corrected chi connectivity index (χ3v) is 3.87. The predicted molar refractivity (Wildman–Crippen MR) is 92.6 cm³/mol. The number of amides is 1. The molecule has 0 fully saturated rings. The highest BCUT2D eigenvalue weighted by Crippen LogP contribution is 2.19. The van der Waals surface area contributed by atoms with Crippen LogP contribution in [0.5, 0.6) is 0 Å². The lowest BCUT2D eigenvalue weighted by atomic mass is 10.2. The van der Waals surface area contributed by atoms with Crippen molar-refractivity contribution in [2.75, 3.05) is 11.9 Å². The van der Waals surface area contributed by atoms with E-state index in [1.165, 1.54) is 6.07 Å². The van der Waals surface area contributed by atoms with Crippen LogP contribution in [0.2, 0.25) is 0 Å². The summed E-state index contributed by atoms with van der Waals surface area (Å²) < 4.78 is 32.7. The van der Waals surface area contributed by atoms with Gasteiger partial charge in [-0.25, -0.2) is 8.78 Å². The quantitative estimate of drug-likeness (QED) is 0.711. The average molecular weight is 358 g/mol. The van der Waals surface area contributed by atoms with Crippen molar-refractivity contribution in [2.24, 2.45) is 0 Å². The molecule has 26 heavy (non-hydrogen) atoms. The van der Waals surface area contributed by atoms with Gasteiger partial charge in [0.15, 0.2) is 18.2 Å². The number of fused-ring (bicyclic) bond motifs is 1. The highest BCUT2D eigenvalue weighted by Gasteiger charge is 2.13. The van der Waals surface area contributed by atoms with Crippen LogP contribution in [0, 0.1) is 18.6 Å². The molecule has 0 saturated carbocycles. The van der Waals surface area contributed by atoms with Gasteiger partial charge in [-0.3, -0.25) is 9.59 Å². The van der Waals surface area contributed by atoms with E-state index in [0.717, 1.165) is 28.7 Å². The lowest BCUT2D eigenvalue weighted by Crippen LogP contribution is -2.23. The van der Waals surface area contributed by atoms with Gasteiger partial charge in [0.2, 0.25) is 0 Å². The van der Waals surface area contributed by atoms with Crippen LogP contribution in [0.4, 0.5) is 14.5 Å². The number of aryl methyl sites for hydroxylation is 1. The fourth-order valence-electron chi connectivity index (χ4n) is 2.65. The van der Waals surface area contributed by atoms with E-state index in [0.29, 0.717) is 0 Å². The Balaban J connectivity index is 1.57. The van der Waals surface area contributed by atoms with Gasteiger partial charge in [0, 0.05) is 23.0 Å². The number of ether oxygens (including phenoxy) is 1. The summed E-state index contributed by atoms with van der Waals surface area (Å²) in [5, 5.41) is 3.34. The van der Waals surface area contributed by atoms with E-state index in [-0.39, 0.29) is 12.2 Å². The van der Waals surface area contributed by atoms with Crippen molar-refractivity contribution in [3.05, 3.63) is 65.9 Å². The van der Waals surface area contributed by atoms with E-state index in [4.69, 9.17) is 4.74 Å². The number of aromatic nitrogens is 1. The van der Waals surface area contributed by atoms with Crippen molar-refractivity contribution in [2.45, 2.75) is 13.5 Å². The normalized spacial score (nSPS) is 10.7. The van der Waals surface area contributed by atoms with Crippen LogP contribution >= 0.6 is 0 Å². The molecule has 0 saturated heterocycles. The maximum absolute atomic E-state index is 13.1. The number of hydrogen-bond acceptors (Lipinski definition) is 3. The molecule has 1 N–H and O–H groups in total. The minimum atomic E-state index is -1.07. The number of halogens is 2. The van der Waals surface area contributed by atoms with E-state index in [9.17, 15) is 18.4 Å². The van der Waals surface area contributed by atoms with Gasteiger partial charge in [0.1, 0.15) is 6.54 Å². The van der Waals surface area contributed by atoms with Gasteiger partial charge < -0.3 is 14.6 Å². The molecule has 3 aromatic rings. The number of benzene rings is 2. The summed E-state index contributed by atoms with van der Waals surface area (Å²) in [6.07, 6.45) is 0. The molecular formula is C19H16F2N2O3. The van der Waals surface area contributed by atoms with Crippen LogP contribution in [-0.2, 0) is 20.9 Å². The van der Waals surface area contributed by atoms with Crippen LogP contribution in [0.15, 0.2) is 48.5 Å². The van der Waals surface area contributed by atoms with Gasteiger partial charge in [-0.2, -0.15) is 0 Å². The molecule has 0 unspecified atom stereocenters. The van der Waals surface area contributed by atoms with Crippen molar-refractivity contribution < 1.29 is 23.1 Å². The molecule has 0 aliphatic heterocycles. The molecule has 1 amide bonds. The second kappa shape index (κ2) is 7.35. The molecule has 0 spiro atoms. The summed E-state index contributed by atoms with van der Waals surface area (Å²) in [6, 6.07) is 12.5. The van der Waals surface area contributed by atoms with Crippen molar-refractivity contribution in [3.8, 4) is 0 Å². The van der Waals surface area contributed by atoms with Crippen LogP contribution in [0.25, 0.3) is 10.9 Å². The fraction of sp³-hybridized carbons (Fsp3) is 0.158. The number of hydrogen-bond donors (Lipinski definition) is 1. The Labute approximate surface area is 148 Å². The Bertz CT molecular complexity index is 982. The standard InChI is InChI=1S/C19H16F2N2O3/c1-12-8-13-4-2-3-5-17(13)23(12)10-19(25)26-11-18(24)22-14-6-7-15(20)16(21)9-14/h2-9H,10-11H2,1H3,(H,22,24). The lowest BCUT2D eigenvalue weighted by Gasteiger charge is -2.09. The largest absolute Gasteiger partial charge is 0.454 e. The van der Waals surface area contributed by atoms with E-state index in [1.54, 1.807) is 4.57 Å². The topological polar surface area (TPSA) is 60.3 Å². The molecule has 7 heteroatoms. The maximum atomic E-state index is 13.1. The Kier molecular flexibility index (Phi) is 4.97. The molecule has 0 aliphatic rings. The first-order valence-corrected chi connectivity index (χ1v) is 7.89. The molecule has 0 atom stereocenters. The number of nitrogens with zero attached hydrogens (tertiary/aromatic N) is 1. The summed E-state index contributed by atoms with van der Waals surface area (Å²) >= 11 is 0. The smallest absolute Gasteiger partial charge is 0.326 e. The first-order chi connectivity index (χ1) is 12.4. The first kappa shape index (κ1) is 17.6. The average Bonchev–Trinajstić information content (AvgIpc) is 2.92. The molecule has 0 aliphatic carbocycles. The van der Waals surface area contributed by atoms with E-state index in [2.05, 4.69) is 5.32 Å². The number of anilines is 1. The molecule has 5 nitrogen and oxygen atoms in total. The Morgan fingerprint density at radius 3 is 2.62 bits per heavy atom. The molecule has 1 heterocycles. The molecule has 0 radical (unpaired) electrons. The van der Waals surface area contributed by atoms with Crippen molar-refractivity contribution in [3.63, 3.8) is 0 Å². The minimum Gasteiger partial charge on any atom is -0.454 e. The summed E-state index contributed by atoms with van der Waals surface area (Å²) in [7, 11) is 0. The summed E-state index contributed by atoms with van der Waals surface area (Å²) in [6.45, 7) is 1.33. The molecule has 3 rings (SSSR count). The monoisotopic (exact) mass is 358 g/mol. The van der Waals surface area contributed by atoms with E-state index >= 15 is 0 Å². The van der Waals surface area contributed by atoms with Gasteiger partial charge in [0.05, 0.1) is 0 Å². The second-order valence-corrected chi connectivity index (χ2v) is 5.77. The molecular weight excluding hydrogens is 342 g/mol. The number of para-hydroxylation sites is 1. The van der Waals surface area contributed by atoms with Crippen molar-refractivity contribution in [1.82, 2.24) is 4.57 Å². The van der Waals surface area contributed by atoms with E-state index < -0.39 is 30.1 Å². The number of esters is 1. The van der Waals surface area contributed by atoms with Crippen LogP contribution in [0.3, 0.4) is 0 Å². The molecule has 1 aromatic heterocycles. The van der Waals surface area contributed by atoms with E-state index in [1.807, 2.05) is 37.3 Å². The zero-order valence-electron chi connectivity index (χ0n) is 14.0. The number of rotatable bonds is 5. The van der Waals surface area contributed by atoms with Gasteiger partial charge in [-0.15, -0.1) is 0 Å². The molecule has 2 aromatic carbocycles. The van der Waals surface area contributed by atoms with Crippen LogP contribution in [-0.4, -0.2) is 23.1 Å².